The fraction of sp³-hybridized carbons (Fsp3) is 0.562. The van der Waals surface area contributed by atoms with Gasteiger partial charge >= 0.3 is 0 Å². The molecule has 0 fully saturated rings. The zero-order valence-electron chi connectivity index (χ0n) is 12.7. The second-order valence-electron chi connectivity index (χ2n) is 5.67. The number of phenolic OH excluding ortho intramolecular Hbond substituents is 1. The van der Waals surface area contributed by atoms with Crippen molar-refractivity contribution in [3.63, 3.8) is 0 Å². The number of amides is 1. The maximum Gasteiger partial charge on any atom is 0.225 e. The first kappa shape index (κ1) is 16.5. The minimum atomic E-state index is 0.0239. The summed E-state index contributed by atoms with van der Waals surface area (Å²) in [6.45, 7) is 4.52. The lowest BCUT2D eigenvalue weighted by Crippen LogP contribution is -2.31. The molecule has 0 heterocycles. The van der Waals surface area contributed by atoms with Crippen molar-refractivity contribution in [2.45, 2.75) is 45.7 Å². The second-order valence-corrected chi connectivity index (χ2v) is 5.67. The molecule has 2 atom stereocenters. The van der Waals surface area contributed by atoms with Crippen LogP contribution in [0.1, 0.15) is 38.7 Å². The molecule has 0 bridgehead atoms. The third-order valence-electron chi connectivity index (χ3n) is 3.45. The topological polar surface area (TPSA) is 66.6 Å². The van der Waals surface area contributed by atoms with Crippen molar-refractivity contribution >= 4 is 5.91 Å². The SMILES string of the molecule is CC(N)CCCC(C)C(=O)N(C)Cc1ccc(O)cc1. The molecule has 0 aliphatic rings. The third-order valence-corrected chi connectivity index (χ3v) is 3.45. The highest BCUT2D eigenvalue weighted by atomic mass is 16.3. The number of carbonyl (C=O) groups excluding carboxylic acids is 1. The first-order valence-electron chi connectivity index (χ1n) is 7.18. The Kier molecular flexibility index (Phi) is 6.52. The molecule has 0 saturated carbocycles. The number of carbonyl (C=O) groups is 1. The number of nitrogens with zero attached hydrogens (tertiary/aromatic N) is 1. The lowest BCUT2D eigenvalue weighted by Gasteiger charge is -2.21. The number of hydrogen-bond acceptors (Lipinski definition) is 3. The Morgan fingerprint density at radius 1 is 1.25 bits per heavy atom. The summed E-state index contributed by atoms with van der Waals surface area (Å²) in [7, 11) is 1.82. The molecule has 3 N–H and O–H groups in total. The molecule has 0 aliphatic carbocycles. The molecule has 0 aliphatic heterocycles. The minimum absolute atomic E-state index is 0.0239. The molecular formula is C16H26N2O2. The quantitative estimate of drug-likeness (QED) is 0.805. The summed E-state index contributed by atoms with van der Waals surface area (Å²) in [6, 6.07) is 7.14. The Morgan fingerprint density at radius 3 is 2.40 bits per heavy atom. The molecule has 0 spiro atoms. The zero-order chi connectivity index (χ0) is 15.1. The maximum atomic E-state index is 12.2. The van der Waals surface area contributed by atoms with Gasteiger partial charge in [-0.1, -0.05) is 25.5 Å². The number of aromatic hydroxyl groups is 1. The predicted octanol–water partition coefficient (Wildman–Crippen LogP) is 2.50. The van der Waals surface area contributed by atoms with Crippen molar-refractivity contribution < 1.29 is 9.90 Å². The number of rotatable bonds is 7. The van der Waals surface area contributed by atoms with Crippen molar-refractivity contribution in [1.29, 1.82) is 0 Å². The van der Waals surface area contributed by atoms with Crippen LogP contribution >= 0.6 is 0 Å². The highest BCUT2D eigenvalue weighted by molar-refractivity contribution is 5.78. The van der Waals surface area contributed by atoms with E-state index in [9.17, 15) is 9.90 Å². The molecule has 1 aromatic rings. The minimum Gasteiger partial charge on any atom is -0.508 e. The Balaban J connectivity index is 2.43. The van der Waals surface area contributed by atoms with Gasteiger partial charge in [-0.25, -0.2) is 0 Å². The van der Waals surface area contributed by atoms with Crippen LogP contribution in [0, 0.1) is 5.92 Å². The summed E-state index contributed by atoms with van der Waals surface area (Å²) >= 11 is 0. The van der Waals surface area contributed by atoms with Gasteiger partial charge in [0, 0.05) is 25.6 Å². The van der Waals surface area contributed by atoms with E-state index in [0.29, 0.717) is 6.54 Å². The van der Waals surface area contributed by atoms with Crippen molar-refractivity contribution in [2.75, 3.05) is 7.05 Å². The molecular weight excluding hydrogens is 252 g/mol. The third kappa shape index (κ3) is 5.61. The van der Waals surface area contributed by atoms with Crippen LogP contribution in [0.2, 0.25) is 0 Å². The van der Waals surface area contributed by atoms with Gasteiger partial charge < -0.3 is 15.7 Å². The lowest BCUT2D eigenvalue weighted by molar-refractivity contribution is -0.134. The van der Waals surface area contributed by atoms with Crippen LogP contribution in [-0.4, -0.2) is 29.0 Å². The number of phenols is 1. The van der Waals surface area contributed by atoms with Gasteiger partial charge in [0.25, 0.3) is 0 Å². The van der Waals surface area contributed by atoms with E-state index in [1.165, 1.54) is 0 Å². The Morgan fingerprint density at radius 2 is 1.85 bits per heavy atom. The van der Waals surface area contributed by atoms with Gasteiger partial charge in [-0.2, -0.15) is 0 Å². The Labute approximate surface area is 121 Å². The van der Waals surface area contributed by atoms with E-state index in [0.717, 1.165) is 24.8 Å². The highest BCUT2D eigenvalue weighted by Gasteiger charge is 2.17. The van der Waals surface area contributed by atoms with E-state index < -0.39 is 0 Å². The molecule has 2 unspecified atom stereocenters. The Bertz CT molecular complexity index is 415. The summed E-state index contributed by atoms with van der Waals surface area (Å²) < 4.78 is 0. The zero-order valence-corrected chi connectivity index (χ0v) is 12.7. The van der Waals surface area contributed by atoms with E-state index in [4.69, 9.17) is 5.73 Å². The molecule has 1 rings (SSSR count). The molecule has 0 saturated heterocycles. The van der Waals surface area contributed by atoms with Crippen LogP contribution in [-0.2, 0) is 11.3 Å². The van der Waals surface area contributed by atoms with Gasteiger partial charge in [-0.3, -0.25) is 4.79 Å². The summed E-state index contributed by atoms with van der Waals surface area (Å²) in [5.41, 5.74) is 6.73. The normalized spacial score (nSPS) is 13.8. The fourth-order valence-electron chi connectivity index (χ4n) is 2.20. The molecule has 4 nitrogen and oxygen atoms in total. The van der Waals surface area contributed by atoms with E-state index in [1.807, 2.05) is 33.0 Å². The molecule has 112 valence electrons. The smallest absolute Gasteiger partial charge is 0.225 e. The van der Waals surface area contributed by atoms with Gasteiger partial charge in [0.05, 0.1) is 0 Å². The predicted molar refractivity (Wildman–Crippen MR) is 81.2 cm³/mol. The maximum absolute atomic E-state index is 12.2. The molecule has 1 amide bonds. The van der Waals surface area contributed by atoms with Crippen LogP contribution in [0.4, 0.5) is 0 Å². The summed E-state index contributed by atoms with van der Waals surface area (Å²) in [4.78, 5) is 14.0. The van der Waals surface area contributed by atoms with Crippen molar-refractivity contribution in [1.82, 2.24) is 4.90 Å². The van der Waals surface area contributed by atoms with Gasteiger partial charge in [0.15, 0.2) is 0 Å². The second kappa shape index (κ2) is 7.90. The van der Waals surface area contributed by atoms with Crippen molar-refractivity contribution in [3.05, 3.63) is 29.8 Å². The monoisotopic (exact) mass is 278 g/mol. The largest absolute Gasteiger partial charge is 0.508 e. The molecule has 0 aromatic heterocycles. The van der Waals surface area contributed by atoms with E-state index in [2.05, 4.69) is 0 Å². The van der Waals surface area contributed by atoms with Crippen molar-refractivity contribution in [2.24, 2.45) is 11.7 Å². The Hall–Kier alpha value is -1.55. The molecule has 20 heavy (non-hydrogen) atoms. The molecule has 0 radical (unpaired) electrons. The van der Waals surface area contributed by atoms with E-state index >= 15 is 0 Å². The highest BCUT2D eigenvalue weighted by Crippen LogP contribution is 2.15. The number of benzene rings is 1. The summed E-state index contributed by atoms with van der Waals surface area (Å²) in [6.07, 6.45) is 2.82. The molecule has 4 heteroatoms. The van der Waals surface area contributed by atoms with Crippen LogP contribution in [0.25, 0.3) is 0 Å². The average molecular weight is 278 g/mol. The van der Waals surface area contributed by atoms with Gasteiger partial charge in [0.1, 0.15) is 5.75 Å². The summed E-state index contributed by atoms with van der Waals surface area (Å²) in [5, 5.41) is 9.24. The van der Waals surface area contributed by atoms with Gasteiger partial charge in [0.2, 0.25) is 5.91 Å². The summed E-state index contributed by atoms with van der Waals surface area (Å²) in [5.74, 6) is 0.422. The van der Waals surface area contributed by atoms with E-state index in [1.54, 1.807) is 17.0 Å². The van der Waals surface area contributed by atoms with Crippen LogP contribution in [0.15, 0.2) is 24.3 Å². The van der Waals surface area contributed by atoms with Crippen LogP contribution < -0.4 is 5.73 Å². The molecule has 1 aromatic carbocycles. The van der Waals surface area contributed by atoms with Gasteiger partial charge in [-0.15, -0.1) is 0 Å². The fourth-order valence-corrected chi connectivity index (χ4v) is 2.20. The van der Waals surface area contributed by atoms with Gasteiger partial charge in [-0.05, 0) is 37.5 Å². The average Bonchev–Trinajstić information content (AvgIpc) is 2.39. The first-order chi connectivity index (χ1) is 9.40. The standard InChI is InChI=1S/C16H26N2O2/c1-12(5-4-6-13(2)17)16(20)18(3)11-14-7-9-15(19)10-8-14/h7-10,12-13,19H,4-6,11,17H2,1-3H3. The van der Waals surface area contributed by atoms with E-state index in [-0.39, 0.29) is 23.6 Å². The van der Waals surface area contributed by atoms with Crippen LogP contribution in [0.3, 0.4) is 0 Å². The van der Waals surface area contributed by atoms with Crippen molar-refractivity contribution in [3.8, 4) is 5.75 Å². The first-order valence-corrected chi connectivity index (χ1v) is 7.18. The lowest BCUT2D eigenvalue weighted by atomic mass is 10.0. The van der Waals surface area contributed by atoms with Crippen LogP contribution in [0.5, 0.6) is 5.75 Å². The number of nitrogens with two attached hydrogens (primary N) is 1. The number of hydrogen-bond donors (Lipinski definition) is 2.